The lowest BCUT2D eigenvalue weighted by Gasteiger charge is -2.36. The van der Waals surface area contributed by atoms with Gasteiger partial charge in [0.15, 0.2) is 0 Å². The summed E-state index contributed by atoms with van der Waals surface area (Å²) in [6.07, 6.45) is -2.61. The van der Waals surface area contributed by atoms with Crippen LogP contribution in [0.15, 0.2) is 29.1 Å². The second-order valence-electron chi connectivity index (χ2n) is 8.49. The molecule has 7 heteroatoms. The van der Waals surface area contributed by atoms with Crippen LogP contribution in [0.3, 0.4) is 0 Å². The number of fused-ring (bicyclic) bond motifs is 5. The van der Waals surface area contributed by atoms with Crippen molar-refractivity contribution in [2.75, 3.05) is 0 Å². The van der Waals surface area contributed by atoms with Crippen molar-refractivity contribution in [3.05, 3.63) is 51.4 Å². The molecule has 2 aliphatic rings. The highest BCUT2D eigenvalue weighted by atomic mass is 19.4. The van der Waals surface area contributed by atoms with Gasteiger partial charge >= 0.3 is 6.36 Å². The number of hydrogen-bond acceptors (Lipinski definition) is 2. The van der Waals surface area contributed by atoms with Crippen LogP contribution >= 0.6 is 0 Å². The Balaban J connectivity index is 1.67. The summed E-state index contributed by atoms with van der Waals surface area (Å²) in [4.78, 5) is 13.1. The van der Waals surface area contributed by atoms with Gasteiger partial charge in [-0.15, -0.1) is 13.2 Å². The van der Waals surface area contributed by atoms with E-state index in [2.05, 4.69) is 25.5 Å². The molecule has 2 atom stereocenters. The van der Waals surface area contributed by atoms with Crippen molar-refractivity contribution >= 4 is 0 Å². The third kappa shape index (κ3) is 2.47. The van der Waals surface area contributed by atoms with Crippen molar-refractivity contribution in [2.45, 2.75) is 57.9 Å². The largest absolute Gasteiger partial charge is 0.573 e. The lowest BCUT2D eigenvalue weighted by Crippen LogP contribution is -2.35. The third-order valence-corrected chi connectivity index (χ3v) is 6.99. The summed E-state index contributed by atoms with van der Waals surface area (Å²) in [6, 6.07) is 5.68. The lowest BCUT2D eigenvalue weighted by molar-refractivity contribution is -0.274. The number of ether oxygens (including phenoxy) is 1. The first kappa shape index (κ1) is 18.2. The molecule has 2 unspecified atom stereocenters. The van der Waals surface area contributed by atoms with Crippen molar-refractivity contribution in [1.82, 2.24) is 9.36 Å². The van der Waals surface area contributed by atoms with E-state index in [1.54, 1.807) is 16.8 Å². The van der Waals surface area contributed by atoms with Gasteiger partial charge in [-0.25, -0.2) is 4.68 Å². The summed E-state index contributed by atoms with van der Waals surface area (Å²) >= 11 is 0. The molecular weight excluding hydrogens is 357 g/mol. The van der Waals surface area contributed by atoms with Crippen molar-refractivity contribution in [1.29, 1.82) is 0 Å². The van der Waals surface area contributed by atoms with Crippen LogP contribution in [0, 0.1) is 5.41 Å². The number of aromatic nitrogens is 2. The van der Waals surface area contributed by atoms with E-state index in [0.717, 1.165) is 29.7 Å². The fraction of sp³-hybridized carbons (Fsp3) is 0.550. The van der Waals surface area contributed by atoms with E-state index in [1.165, 1.54) is 12.1 Å². The molecular formula is C20H23F3N2O2. The average molecular weight is 380 g/mol. The molecule has 27 heavy (non-hydrogen) atoms. The third-order valence-electron chi connectivity index (χ3n) is 6.99. The quantitative estimate of drug-likeness (QED) is 0.796. The van der Waals surface area contributed by atoms with Crippen LogP contribution in [0.2, 0.25) is 0 Å². The van der Waals surface area contributed by atoms with E-state index in [-0.39, 0.29) is 28.1 Å². The molecule has 2 aliphatic carbocycles. The molecule has 0 amide bonds. The predicted molar refractivity (Wildman–Crippen MR) is 95.0 cm³/mol. The number of benzene rings is 1. The molecule has 2 bridgehead atoms. The maximum Gasteiger partial charge on any atom is 0.573 e. The van der Waals surface area contributed by atoms with Gasteiger partial charge in [0.25, 0.3) is 5.56 Å². The van der Waals surface area contributed by atoms with E-state index in [4.69, 9.17) is 0 Å². The van der Waals surface area contributed by atoms with Crippen LogP contribution in [0.1, 0.15) is 56.4 Å². The Kier molecular flexibility index (Phi) is 3.66. The fourth-order valence-electron chi connectivity index (χ4n) is 5.22. The van der Waals surface area contributed by atoms with Gasteiger partial charge in [-0.05, 0) is 41.9 Å². The van der Waals surface area contributed by atoms with Gasteiger partial charge in [-0.3, -0.25) is 9.48 Å². The maximum atomic E-state index is 13.1. The van der Waals surface area contributed by atoms with Crippen molar-refractivity contribution in [2.24, 2.45) is 12.5 Å². The van der Waals surface area contributed by atoms with Crippen molar-refractivity contribution in [3.8, 4) is 5.75 Å². The predicted octanol–water partition coefficient (Wildman–Crippen LogP) is 4.31. The summed E-state index contributed by atoms with van der Waals surface area (Å²) in [6.45, 7) is 7.05. The van der Waals surface area contributed by atoms with Crippen LogP contribution < -0.4 is 10.3 Å². The summed E-state index contributed by atoms with van der Waals surface area (Å²) in [7, 11) is 1.91. The van der Waals surface area contributed by atoms with Gasteiger partial charge < -0.3 is 4.74 Å². The molecule has 1 aromatic heterocycles. The number of halogens is 3. The smallest absolute Gasteiger partial charge is 0.406 e. The van der Waals surface area contributed by atoms with Crippen molar-refractivity contribution in [3.63, 3.8) is 0 Å². The summed E-state index contributed by atoms with van der Waals surface area (Å²) < 4.78 is 44.4. The molecule has 0 spiro atoms. The maximum absolute atomic E-state index is 13.1. The molecule has 0 N–H and O–H groups in total. The van der Waals surface area contributed by atoms with Gasteiger partial charge in [-0.1, -0.05) is 32.9 Å². The van der Waals surface area contributed by atoms with E-state index >= 15 is 0 Å². The van der Waals surface area contributed by atoms with Crippen LogP contribution in [-0.2, 0) is 19.0 Å². The molecule has 4 rings (SSSR count). The molecule has 0 radical (unpaired) electrons. The van der Waals surface area contributed by atoms with Crippen LogP contribution in [0.25, 0.3) is 0 Å². The standard InChI is InChI=1S/C20H23F3N2O2/c1-18(2)14-9-10-19(18,3)16-15(14)17(26)25(24(16)4)11-12-5-7-13(8-6-12)27-20(21,22)23/h5-8,14H,9-11H2,1-4H3. The fourth-order valence-corrected chi connectivity index (χ4v) is 5.22. The Labute approximate surface area is 155 Å². The first-order valence-corrected chi connectivity index (χ1v) is 9.10. The summed E-state index contributed by atoms with van der Waals surface area (Å²) in [5, 5.41) is 0. The van der Waals surface area contributed by atoms with Crippen LogP contribution in [0.4, 0.5) is 13.2 Å². The highest BCUT2D eigenvalue weighted by Gasteiger charge is 2.62. The second kappa shape index (κ2) is 5.42. The van der Waals surface area contributed by atoms with Gasteiger partial charge in [0.1, 0.15) is 5.75 Å². The Morgan fingerprint density at radius 2 is 1.81 bits per heavy atom. The lowest BCUT2D eigenvalue weighted by atomic mass is 9.70. The highest BCUT2D eigenvalue weighted by molar-refractivity contribution is 5.45. The molecule has 1 saturated carbocycles. The van der Waals surface area contributed by atoms with Crippen molar-refractivity contribution < 1.29 is 17.9 Å². The van der Waals surface area contributed by atoms with E-state index in [1.807, 2.05) is 11.7 Å². The zero-order chi connectivity index (χ0) is 19.8. The summed E-state index contributed by atoms with van der Waals surface area (Å²) in [5.41, 5.74) is 2.84. The molecule has 1 fully saturated rings. The van der Waals surface area contributed by atoms with E-state index < -0.39 is 6.36 Å². The Hall–Kier alpha value is -2.18. The van der Waals surface area contributed by atoms with E-state index in [9.17, 15) is 18.0 Å². The van der Waals surface area contributed by atoms with Gasteiger partial charge in [-0.2, -0.15) is 0 Å². The zero-order valence-electron chi connectivity index (χ0n) is 15.9. The molecule has 0 aliphatic heterocycles. The highest BCUT2D eigenvalue weighted by Crippen LogP contribution is 2.66. The molecule has 1 aromatic carbocycles. The minimum atomic E-state index is -4.71. The monoisotopic (exact) mass is 380 g/mol. The number of alkyl halides is 3. The molecule has 2 aromatic rings. The van der Waals surface area contributed by atoms with Gasteiger partial charge in [0, 0.05) is 18.0 Å². The first-order valence-electron chi connectivity index (χ1n) is 9.10. The number of hydrogen-bond donors (Lipinski definition) is 0. The Bertz CT molecular complexity index is 953. The Morgan fingerprint density at radius 3 is 2.37 bits per heavy atom. The average Bonchev–Trinajstić information content (AvgIpc) is 3.01. The van der Waals surface area contributed by atoms with Gasteiger partial charge in [0.2, 0.25) is 0 Å². The van der Waals surface area contributed by atoms with Gasteiger partial charge in [0.05, 0.1) is 12.2 Å². The summed E-state index contributed by atoms with van der Waals surface area (Å²) in [5.74, 6) is 0.000268. The first-order chi connectivity index (χ1) is 12.5. The second-order valence-corrected chi connectivity index (χ2v) is 8.49. The minimum absolute atomic E-state index is 0.0182. The molecule has 4 nitrogen and oxygen atoms in total. The zero-order valence-corrected chi connectivity index (χ0v) is 15.9. The van der Waals surface area contributed by atoms with Crippen LogP contribution in [0.5, 0.6) is 5.75 Å². The Morgan fingerprint density at radius 1 is 1.19 bits per heavy atom. The number of rotatable bonds is 3. The SMILES string of the molecule is Cn1c2c(c(=O)n1Cc1ccc(OC(F)(F)F)cc1)C1CCC2(C)C1(C)C. The molecule has 0 saturated heterocycles. The topological polar surface area (TPSA) is 36.2 Å². The van der Waals surface area contributed by atoms with Crippen LogP contribution in [-0.4, -0.2) is 15.7 Å². The number of nitrogens with zero attached hydrogens (tertiary/aromatic N) is 2. The minimum Gasteiger partial charge on any atom is -0.406 e. The van der Waals surface area contributed by atoms with E-state index in [0.29, 0.717) is 6.54 Å². The molecule has 1 heterocycles. The molecule has 146 valence electrons. The normalized spacial score (nSPS) is 25.7.